The number of carbonyl (C=O) groups excluding carboxylic acids is 2. The zero-order valence-electron chi connectivity index (χ0n) is 10.4. The van der Waals surface area contributed by atoms with Crippen molar-refractivity contribution in [3.8, 4) is 0 Å². The van der Waals surface area contributed by atoms with Crippen molar-refractivity contribution in [1.29, 1.82) is 0 Å². The Morgan fingerprint density at radius 3 is 2.33 bits per heavy atom. The molecule has 1 aliphatic heterocycles. The maximum Gasteiger partial charge on any atom is 0.252 e. The average molecular weight is 261 g/mol. The van der Waals surface area contributed by atoms with Crippen molar-refractivity contribution in [3.05, 3.63) is 0 Å². The van der Waals surface area contributed by atoms with Gasteiger partial charge in [-0.05, 0) is 13.3 Å². The van der Waals surface area contributed by atoms with Gasteiger partial charge < -0.3 is 25.4 Å². The molecule has 0 aliphatic carbocycles. The van der Waals surface area contributed by atoms with Crippen LogP contribution >= 0.6 is 0 Å². The van der Waals surface area contributed by atoms with Crippen molar-refractivity contribution in [1.82, 2.24) is 5.32 Å². The molecule has 0 radical (unpaired) electrons. The molecule has 0 aromatic carbocycles. The lowest BCUT2D eigenvalue weighted by molar-refractivity contribution is -0.263. The number of ether oxygens (including phenoxy) is 1. The molecule has 104 valence electrons. The molecule has 1 aliphatic rings. The standard InChI is InChI=1S/C11H19NO6/c1-3-6-7(14)9(18-11(17)8(6)15)10(16)12-4-5(2)13/h6-9,11,14-15,17H,3-4H2,1-2H3,(H,12,16)/t6-,7-,8?,9?,11?/m0/s1. The van der Waals surface area contributed by atoms with Crippen LogP contribution in [0.3, 0.4) is 0 Å². The first-order valence-electron chi connectivity index (χ1n) is 5.85. The molecule has 7 heteroatoms. The molecule has 1 rings (SSSR count). The quantitative estimate of drug-likeness (QED) is 0.472. The lowest BCUT2D eigenvalue weighted by atomic mass is 9.86. The fourth-order valence-corrected chi connectivity index (χ4v) is 1.96. The Morgan fingerprint density at radius 2 is 1.83 bits per heavy atom. The Labute approximate surface area is 105 Å². The first-order valence-corrected chi connectivity index (χ1v) is 5.85. The third-order valence-electron chi connectivity index (χ3n) is 3.01. The van der Waals surface area contributed by atoms with Crippen molar-refractivity contribution >= 4 is 11.7 Å². The van der Waals surface area contributed by atoms with Gasteiger partial charge in [-0.15, -0.1) is 0 Å². The fraction of sp³-hybridized carbons (Fsp3) is 0.818. The second-order valence-electron chi connectivity index (χ2n) is 4.42. The van der Waals surface area contributed by atoms with Crippen LogP contribution < -0.4 is 5.32 Å². The number of amides is 1. The fourth-order valence-electron chi connectivity index (χ4n) is 1.96. The summed E-state index contributed by atoms with van der Waals surface area (Å²) in [4.78, 5) is 22.4. The van der Waals surface area contributed by atoms with Crippen LogP contribution in [-0.2, 0) is 14.3 Å². The first-order chi connectivity index (χ1) is 8.38. The third-order valence-corrected chi connectivity index (χ3v) is 3.01. The summed E-state index contributed by atoms with van der Waals surface area (Å²) in [5.74, 6) is -1.56. The largest absolute Gasteiger partial charge is 0.389 e. The molecule has 0 saturated carbocycles. The molecule has 1 saturated heterocycles. The van der Waals surface area contributed by atoms with Gasteiger partial charge in [0.05, 0.1) is 12.6 Å². The Kier molecular flexibility index (Phi) is 5.21. The van der Waals surface area contributed by atoms with Crippen LogP contribution in [0.2, 0.25) is 0 Å². The molecule has 18 heavy (non-hydrogen) atoms. The van der Waals surface area contributed by atoms with Crippen molar-refractivity contribution < 1.29 is 29.6 Å². The SMILES string of the molecule is CC[C@@H]1C(O)C(O)OC(C(=O)NCC(C)=O)[C@H]1O. The first kappa shape index (κ1) is 15.0. The molecule has 7 nitrogen and oxygen atoms in total. The van der Waals surface area contributed by atoms with Gasteiger partial charge in [0, 0.05) is 5.92 Å². The summed E-state index contributed by atoms with van der Waals surface area (Å²) in [6, 6.07) is 0. The van der Waals surface area contributed by atoms with Crippen LogP contribution in [0.15, 0.2) is 0 Å². The van der Waals surface area contributed by atoms with E-state index in [0.717, 1.165) is 0 Å². The highest BCUT2D eigenvalue weighted by Crippen LogP contribution is 2.27. The normalized spacial score (nSPS) is 36.2. The Hall–Kier alpha value is -1.02. The van der Waals surface area contributed by atoms with E-state index in [0.29, 0.717) is 6.42 Å². The Bertz CT molecular complexity index is 321. The van der Waals surface area contributed by atoms with E-state index in [1.165, 1.54) is 6.92 Å². The summed E-state index contributed by atoms with van der Waals surface area (Å²) in [6.07, 6.45) is -4.87. The highest BCUT2D eigenvalue weighted by molar-refractivity contribution is 5.87. The number of aliphatic hydroxyl groups is 3. The summed E-state index contributed by atoms with van der Waals surface area (Å²) in [6.45, 7) is 2.87. The molecule has 4 N–H and O–H groups in total. The van der Waals surface area contributed by atoms with E-state index >= 15 is 0 Å². The molecule has 0 spiro atoms. The number of nitrogens with one attached hydrogen (secondary N) is 1. The third kappa shape index (κ3) is 3.26. The molecule has 1 amide bonds. The predicted molar refractivity (Wildman–Crippen MR) is 60.4 cm³/mol. The summed E-state index contributed by atoms with van der Waals surface area (Å²) >= 11 is 0. The highest BCUT2D eigenvalue weighted by Gasteiger charge is 2.45. The van der Waals surface area contributed by atoms with Gasteiger partial charge >= 0.3 is 0 Å². The van der Waals surface area contributed by atoms with Gasteiger partial charge in [-0.3, -0.25) is 9.59 Å². The molecular weight excluding hydrogens is 242 g/mol. The lowest BCUT2D eigenvalue weighted by Crippen LogP contribution is -2.58. The topological polar surface area (TPSA) is 116 Å². The van der Waals surface area contributed by atoms with Crippen molar-refractivity contribution in [2.45, 2.75) is 44.9 Å². The zero-order chi connectivity index (χ0) is 13.9. The second kappa shape index (κ2) is 6.24. The molecule has 1 fully saturated rings. The van der Waals surface area contributed by atoms with E-state index in [9.17, 15) is 24.9 Å². The van der Waals surface area contributed by atoms with Crippen molar-refractivity contribution in [3.63, 3.8) is 0 Å². The van der Waals surface area contributed by atoms with E-state index in [-0.39, 0.29) is 12.3 Å². The van der Waals surface area contributed by atoms with E-state index in [2.05, 4.69) is 5.32 Å². The summed E-state index contributed by atoms with van der Waals surface area (Å²) in [5.41, 5.74) is 0. The number of hydrogen-bond acceptors (Lipinski definition) is 6. The van der Waals surface area contributed by atoms with Gasteiger partial charge in [0.2, 0.25) is 0 Å². The Morgan fingerprint density at radius 1 is 1.22 bits per heavy atom. The number of rotatable bonds is 4. The molecule has 0 aromatic rings. The minimum absolute atomic E-state index is 0.166. The number of ketones is 1. The monoisotopic (exact) mass is 261 g/mol. The minimum atomic E-state index is -1.52. The summed E-state index contributed by atoms with van der Waals surface area (Å²) in [7, 11) is 0. The molecule has 5 atom stereocenters. The van der Waals surface area contributed by atoms with Crippen LogP contribution in [0.5, 0.6) is 0 Å². The van der Waals surface area contributed by atoms with E-state index in [1.54, 1.807) is 6.92 Å². The molecule has 3 unspecified atom stereocenters. The Balaban J connectivity index is 2.70. The molecular formula is C11H19NO6. The van der Waals surface area contributed by atoms with Gasteiger partial charge in [-0.1, -0.05) is 6.92 Å². The van der Waals surface area contributed by atoms with Crippen molar-refractivity contribution in [2.75, 3.05) is 6.54 Å². The maximum absolute atomic E-state index is 11.7. The number of hydrogen-bond donors (Lipinski definition) is 4. The number of carbonyl (C=O) groups is 2. The molecule has 0 aromatic heterocycles. The second-order valence-corrected chi connectivity index (χ2v) is 4.42. The van der Waals surface area contributed by atoms with Crippen LogP contribution in [0.1, 0.15) is 20.3 Å². The molecule has 1 heterocycles. The van der Waals surface area contributed by atoms with E-state index in [4.69, 9.17) is 4.74 Å². The number of aliphatic hydroxyl groups excluding tert-OH is 3. The van der Waals surface area contributed by atoms with Crippen molar-refractivity contribution in [2.24, 2.45) is 5.92 Å². The van der Waals surface area contributed by atoms with Gasteiger partial charge in [0.15, 0.2) is 12.4 Å². The zero-order valence-corrected chi connectivity index (χ0v) is 10.4. The average Bonchev–Trinajstić information content (AvgIpc) is 2.31. The van der Waals surface area contributed by atoms with E-state index < -0.39 is 36.4 Å². The lowest BCUT2D eigenvalue weighted by Gasteiger charge is -2.39. The van der Waals surface area contributed by atoms with Gasteiger partial charge in [-0.2, -0.15) is 0 Å². The van der Waals surface area contributed by atoms with Gasteiger partial charge in [0.25, 0.3) is 5.91 Å². The van der Waals surface area contributed by atoms with Gasteiger partial charge in [-0.25, -0.2) is 0 Å². The van der Waals surface area contributed by atoms with Gasteiger partial charge in [0.1, 0.15) is 11.9 Å². The molecule has 0 bridgehead atoms. The van der Waals surface area contributed by atoms with Crippen LogP contribution in [0.4, 0.5) is 0 Å². The number of Topliss-reactive ketones (excluding diaryl/α,β-unsaturated/α-hetero) is 1. The van der Waals surface area contributed by atoms with Crippen LogP contribution in [0.25, 0.3) is 0 Å². The highest BCUT2D eigenvalue weighted by atomic mass is 16.6. The van der Waals surface area contributed by atoms with E-state index in [1.807, 2.05) is 0 Å². The van der Waals surface area contributed by atoms with Crippen LogP contribution in [0, 0.1) is 5.92 Å². The predicted octanol–water partition coefficient (Wildman–Crippen LogP) is -1.84. The summed E-state index contributed by atoms with van der Waals surface area (Å²) < 4.78 is 4.87. The smallest absolute Gasteiger partial charge is 0.252 e. The summed E-state index contributed by atoms with van der Waals surface area (Å²) in [5, 5.41) is 31.3. The maximum atomic E-state index is 11.7. The van der Waals surface area contributed by atoms with Crippen LogP contribution in [-0.4, -0.2) is 58.2 Å². The minimum Gasteiger partial charge on any atom is -0.389 e.